The van der Waals surface area contributed by atoms with Crippen LogP contribution in [0.25, 0.3) is 45.6 Å². The Morgan fingerprint density at radius 2 is 0.455 bits per heavy atom. The van der Waals surface area contributed by atoms with Crippen molar-refractivity contribution in [1.29, 1.82) is 0 Å². The molecule has 0 saturated carbocycles. The van der Waals surface area contributed by atoms with Crippen LogP contribution in [0, 0.1) is 30.6 Å². The first-order valence-electron chi connectivity index (χ1n) is 22.6. The van der Waals surface area contributed by atoms with Crippen molar-refractivity contribution in [3.63, 3.8) is 0 Å². The third-order valence-electron chi connectivity index (χ3n) is 9.91. The summed E-state index contributed by atoms with van der Waals surface area (Å²) in [5.41, 5.74) is 6.41. The van der Waals surface area contributed by atoms with Crippen LogP contribution in [0.5, 0.6) is 0 Å². The van der Waals surface area contributed by atoms with Crippen LogP contribution < -0.4 is 0 Å². The molecule has 0 fully saturated rings. The summed E-state index contributed by atoms with van der Waals surface area (Å²) in [5, 5.41) is 29.5. The van der Waals surface area contributed by atoms with Crippen LogP contribution in [0.15, 0.2) is 241 Å². The van der Waals surface area contributed by atoms with E-state index in [-0.39, 0.29) is 88.1 Å². The summed E-state index contributed by atoms with van der Waals surface area (Å²) in [4.78, 5) is 73.5. The van der Waals surface area contributed by atoms with E-state index in [1.165, 1.54) is 0 Å². The Morgan fingerprint density at radius 1 is 0.295 bits per heavy atom. The second-order valence-corrected chi connectivity index (χ2v) is 17.9. The molecule has 0 saturated heterocycles. The number of benzene rings is 2. The van der Waals surface area contributed by atoms with E-state index >= 15 is 0 Å². The van der Waals surface area contributed by atoms with E-state index < -0.39 is 51.8 Å². The number of rotatable bonds is 6. The molecule has 1 aliphatic rings. The Labute approximate surface area is 520 Å². The number of hydrogen-bond acceptors (Lipinski definition) is 22. The van der Waals surface area contributed by atoms with E-state index in [9.17, 15) is 35.5 Å². The summed E-state index contributed by atoms with van der Waals surface area (Å²) in [6.07, 6.45) is 14.1. The second-order valence-electron chi connectivity index (χ2n) is 15.1. The van der Waals surface area contributed by atoms with Crippen LogP contribution in [-0.4, -0.2) is 98.5 Å². The molecule has 0 radical (unpaired) electrons. The van der Waals surface area contributed by atoms with Gasteiger partial charge in [-0.2, -0.15) is 0 Å². The van der Waals surface area contributed by atoms with Gasteiger partial charge in [0.25, 0.3) is 0 Å². The zero-order valence-electron chi connectivity index (χ0n) is 44.9. The number of pyridine rings is 8. The fourth-order valence-corrected chi connectivity index (χ4v) is 7.53. The van der Waals surface area contributed by atoms with Crippen LogP contribution in [0.4, 0.5) is 0 Å². The van der Waals surface area contributed by atoms with Crippen molar-refractivity contribution in [3.8, 4) is 45.6 Å². The standard InChI is InChI=1S/C14H8O8S2.4C10H8N2.2NO3.2Ni.6H2O/c15-13-9-3-1-7(23(17,18)19)5-11(9)14(16)10-4-2-8(6-12(10)13)24(20,21)22;4*1-3-7-11-9(5-1)10-6-2-4-8-12-10;2*2-1(3)4;;;;;;;;/h1-6H,(H,17,18,19)(H,20,21,22);4*1-8H;;;;;6*1H2/q;;;;;2*-1;2*+2;;;;;;/p+2. The summed E-state index contributed by atoms with van der Waals surface area (Å²) in [6, 6.07) is 51.8. The smallest absolute Gasteiger partial charge is 0.744 e. The van der Waals surface area contributed by atoms with Gasteiger partial charge < -0.3 is 72.6 Å². The zero-order chi connectivity index (χ0) is 57.9. The van der Waals surface area contributed by atoms with Gasteiger partial charge in [-0.25, -0.2) is 16.8 Å². The zero-order valence-corrected chi connectivity index (χ0v) is 48.5. The van der Waals surface area contributed by atoms with E-state index in [4.69, 9.17) is 30.6 Å². The van der Waals surface area contributed by atoms with Crippen molar-refractivity contribution in [2.45, 2.75) is 9.79 Å². The van der Waals surface area contributed by atoms with E-state index in [1.807, 2.05) is 146 Å². The number of carbonyl (C=O) groups excluding carboxylic acids is 2. The summed E-state index contributed by atoms with van der Waals surface area (Å²) >= 11 is 0. The number of nitrogens with zero attached hydrogens (tertiary/aromatic N) is 10. The van der Waals surface area contributed by atoms with Crippen molar-refractivity contribution in [2.75, 3.05) is 0 Å². The van der Waals surface area contributed by atoms with Gasteiger partial charge in [-0.05, 0) is 133 Å². The predicted octanol–water partition coefficient (Wildman–Crippen LogP) is 3.02. The Bertz CT molecular complexity index is 3290. The number of hydrogen-bond donors (Lipinski definition) is 0. The molecule has 0 unspecified atom stereocenters. The summed E-state index contributed by atoms with van der Waals surface area (Å²) in [6.45, 7) is 0. The average molecular weight is 1340 g/mol. The fourth-order valence-electron chi connectivity index (χ4n) is 6.53. The minimum Gasteiger partial charge on any atom is -0.744 e. The molecule has 2 aromatic carbocycles. The molecular weight excluding hydrogens is 1290 g/mol. The Hall–Kier alpha value is -10.1. The molecule has 10 aromatic rings. The molecule has 16 N–H and O–H groups in total. The molecule has 30 nitrogen and oxygen atoms in total. The largest absolute Gasteiger partial charge is 2.00 e. The Morgan fingerprint density at radius 3 is 0.580 bits per heavy atom. The predicted molar refractivity (Wildman–Crippen MR) is 313 cm³/mol. The van der Waals surface area contributed by atoms with Gasteiger partial charge in [0.2, 0.25) is 0 Å². The van der Waals surface area contributed by atoms with Crippen molar-refractivity contribution in [2.24, 2.45) is 0 Å². The maximum Gasteiger partial charge on any atom is 2.00 e. The molecular formula is C54H54N10Ni2O20S2+4. The van der Waals surface area contributed by atoms with E-state index in [0.717, 1.165) is 81.9 Å². The fraction of sp³-hybridized carbons (Fsp3) is 0. The molecule has 0 aliphatic heterocycles. The van der Waals surface area contributed by atoms with Gasteiger partial charge in [0.1, 0.15) is 20.2 Å². The van der Waals surface area contributed by atoms with E-state index in [2.05, 4.69) is 39.9 Å². The van der Waals surface area contributed by atoms with Crippen molar-refractivity contribution < 1.29 is 112 Å². The topological polar surface area (TPSA) is 579 Å². The van der Waals surface area contributed by atoms with Crippen LogP contribution in [0.2, 0.25) is 0 Å². The first-order chi connectivity index (χ1) is 38.3. The van der Waals surface area contributed by atoms with E-state index in [1.54, 1.807) is 49.6 Å². The molecule has 0 bridgehead atoms. The van der Waals surface area contributed by atoms with Gasteiger partial charge in [0, 0.05) is 71.8 Å². The molecule has 0 amide bonds. The van der Waals surface area contributed by atoms with Crippen LogP contribution in [0.1, 0.15) is 31.8 Å². The normalized spacial score (nSPS) is 9.70. The minimum atomic E-state index is -4.81. The van der Waals surface area contributed by atoms with Gasteiger partial charge in [-0.1, -0.05) is 48.5 Å². The quantitative estimate of drug-likeness (QED) is 0.0759. The van der Waals surface area contributed by atoms with Gasteiger partial charge in [0.15, 0.2) is 11.6 Å². The molecule has 34 heteroatoms. The average Bonchev–Trinajstić information content (AvgIpc) is 2.47. The molecule has 0 spiro atoms. The summed E-state index contributed by atoms with van der Waals surface area (Å²) < 4.78 is 66.3. The maximum absolute atomic E-state index is 12.4. The first-order valence-corrected chi connectivity index (χ1v) is 25.4. The maximum atomic E-state index is 12.4. The molecule has 0 atom stereocenters. The van der Waals surface area contributed by atoms with Gasteiger partial charge in [-0.15, -0.1) is 0 Å². The third kappa shape index (κ3) is 27.8. The molecule has 8 heterocycles. The Kier molecular flexibility index (Phi) is 41.0. The number of ketones is 2. The summed E-state index contributed by atoms with van der Waals surface area (Å²) in [7, 11) is -9.63. The second kappa shape index (κ2) is 42.7. The molecule has 1 aliphatic carbocycles. The monoisotopic (exact) mass is 1340 g/mol. The molecule has 468 valence electrons. The van der Waals surface area contributed by atoms with Crippen molar-refractivity contribution in [3.05, 3.63) is 284 Å². The number of fused-ring (bicyclic) bond motifs is 2. The SMILES string of the molecule is O.O.O=C1c2ccc(S(=O)(=O)[O-])cc2C(=O)c2ccc(S(=O)(=O)[O-])cc21.O=[N+]([O-])[O-].O=[N+]([O-])[O-].[Ni+2].[Ni+2].[OH3+].[OH3+].[OH3+].[OH3+].c1ccc(-c2ccccn2)nc1.c1ccc(-c2ccccn2)nc1.c1ccc(-c2ccccn2)nc1.c1ccc(-c2ccccn2)nc1. The van der Waals surface area contributed by atoms with Gasteiger partial charge in [-0.3, -0.25) is 49.5 Å². The van der Waals surface area contributed by atoms with Gasteiger partial charge >= 0.3 is 33.0 Å². The molecule has 88 heavy (non-hydrogen) atoms. The summed E-state index contributed by atoms with van der Waals surface area (Å²) in [5.74, 6) is -1.50. The van der Waals surface area contributed by atoms with E-state index in [0.29, 0.717) is 0 Å². The first kappa shape index (κ1) is 84.4. The van der Waals surface area contributed by atoms with Crippen molar-refractivity contribution >= 4 is 31.8 Å². The van der Waals surface area contributed by atoms with Crippen LogP contribution in [-0.2, 0) is 75.1 Å². The number of carbonyl (C=O) groups is 2. The van der Waals surface area contributed by atoms with Crippen molar-refractivity contribution in [1.82, 2.24) is 39.9 Å². The van der Waals surface area contributed by atoms with Crippen LogP contribution >= 0.6 is 0 Å². The molecule has 11 rings (SSSR count). The minimum absolute atomic E-state index is 0. The Balaban J connectivity index is -0.000000488. The number of aromatic nitrogens is 8. The third-order valence-corrected chi connectivity index (χ3v) is 11.6. The van der Waals surface area contributed by atoms with Crippen LogP contribution in [0.3, 0.4) is 0 Å². The molecule has 8 aromatic heterocycles. The van der Waals surface area contributed by atoms with Gasteiger partial charge in [0.05, 0.1) is 65.5 Å².